The molecule has 0 amide bonds. The van der Waals surface area contributed by atoms with Crippen LogP contribution >= 0.6 is 23.2 Å². The lowest BCUT2D eigenvalue weighted by molar-refractivity contribution is 0.471. The number of nitrogen functional groups attached to an aromatic ring is 2. The van der Waals surface area contributed by atoms with Gasteiger partial charge in [-0.25, -0.2) is 9.97 Å². The van der Waals surface area contributed by atoms with Gasteiger partial charge in [-0.3, -0.25) is 0 Å². The van der Waals surface area contributed by atoms with Crippen LogP contribution in [0.3, 0.4) is 0 Å². The van der Waals surface area contributed by atoms with E-state index in [1.54, 1.807) is 13.8 Å². The summed E-state index contributed by atoms with van der Waals surface area (Å²) in [5.41, 5.74) is 13.8. The lowest BCUT2D eigenvalue weighted by Crippen LogP contribution is -2.00. The van der Waals surface area contributed by atoms with Crippen molar-refractivity contribution in [2.45, 2.75) is 13.8 Å². The summed E-state index contributed by atoms with van der Waals surface area (Å²) in [6, 6.07) is 0. The molecule has 0 bridgehead atoms. The largest absolute Gasteiger partial charge is 0.453 e. The van der Waals surface area contributed by atoms with Gasteiger partial charge in [-0.05, 0) is 13.8 Å². The first-order valence-electron chi connectivity index (χ1n) is 5.40. The van der Waals surface area contributed by atoms with Crippen LogP contribution in [-0.4, -0.2) is 9.97 Å². The van der Waals surface area contributed by atoms with Gasteiger partial charge in [0.2, 0.25) is 0 Å². The van der Waals surface area contributed by atoms with Crippen LogP contribution in [0.4, 0.5) is 11.4 Å². The summed E-state index contributed by atoms with van der Waals surface area (Å²) in [4.78, 5) is 7.89. The Morgan fingerprint density at radius 3 is 1.63 bits per heavy atom. The summed E-state index contributed by atoms with van der Waals surface area (Å²) >= 11 is 11.6. The Morgan fingerprint density at radius 1 is 0.895 bits per heavy atom. The first-order chi connectivity index (χ1) is 8.91. The molecule has 0 spiro atoms. The molecule has 0 aliphatic rings. The second-order valence-electron chi connectivity index (χ2n) is 4.01. The smallest absolute Gasteiger partial charge is 0.152 e. The molecular weight excluding hydrogens is 287 g/mol. The first-order valence-corrected chi connectivity index (χ1v) is 6.16. The molecule has 19 heavy (non-hydrogen) atoms. The van der Waals surface area contributed by atoms with Crippen molar-refractivity contribution in [1.29, 1.82) is 0 Å². The minimum atomic E-state index is 0.246. The van der Waals surface area contributed by atoms with Gasteiger partial charge in [0.05, 0.1) is 23.8 Å². The standard InChI is InChI=1S/C12H12Cl2N4O/c1-5-7(3-17-11(13)9(5)15)19-8-4-18-12(14)10(16)6(8)2/h3-4H,15-16H2,1-2H3. The monoisotopic (exact) mass is 298 g/mol. The third-order valence-corrected chi connectivity index (χ3v) is 3.40. The maximum Gasteiger partial charge on any atom is 0.152 e. The number of nitrogens with zero attached hydrogens (tertiary/aromatic N) is 2. The van der Waals surface area contributed by atoms with Crippen LogP contribution in [0.5, 0.6) is 11.5 Å². The highest BCUT2D eigenvalue weighted by molar-refractivity contribution is 6.32. The third-order valence-electron chi connectivity index (χ3n) is 2.80. The van der Waals surface area contributed by atoms with Gasteiger partial charge in [0.25, 0.3) is 0 Å². The van der Waals surface area contributed by atoms with E-state index in [-0.39, 0.29) is 10.3 Å². The number of pyridine rings is 2. The van der Waals surface area contributed by atoms with Gasteiger partial charge in [0, 0.05) is 11.1 Å². The molecule has 100 valence electrons. The molecule has 0 aromatic carbocycles. The van der Waals surface area contributed by atoms with Crippen LogP contribution in [0.15, 0.2) is 12.4 Å². The van der Waals surface area contributed by atoms with Crippen LogP contribution < -0.4 is 16.2 Å². The number of rotatable bonds is 2. The van der Waals surface area contributed by atoms with Crippen molar-refractivity contribution in [1.82, 2.24) is 9.97 Å². The Hall–Kier alpha value is -1.72. The predicted molar refractivity (Wildman–Crippen MR) is 76.9 cm³/mol. The topological polar surface area (TPSA) is 87.0 Å². The molecule has 0 radical (unpaired) electrons. The van der Waals surface area contributed by atoms with E-state index in [9.17, 15) is 0 Å². The van der Waals surface area contributed by atoms with E-state index in [1.807, 2.05) is 0 Å². The molecule has 0 aliphatic carbocycles. The zero-order valence-corrected chi connectivity index (χ0v) is 11.9. The highest BCUT2D eigenvalue weighted by Gasteiger charge is 2.13. The minimum Gasteiger partial charge on any atom is -0.453 e. The summed E-state index contributed by atoms with van der Waals surface area (Å²) in [7, 11) is 0. The van der Waals surface area contributed by atoms with Crippen LogP contribution in [-0.2, 0) is 0 Å². The van der Waals surface area contributed by atoms with E-state index in [2.05, 4.69) is 9.97 Å². The first kappa shape index (κ1) is 13.7. The molecule has 4 N–H and O–H groups in total. The second kappa shape index (κ2) is 5.11. The van der Waals surface area contributed by atoms with Crippen molar-refractivity contribution in [3.05, 3.63) is 33.8 Å². The molecule has 2 rings (SSSR count). The summed E-state index contributed by atoms with van der Waals surface area (Å²) < 4.78 is 5.71. The van der Waals surface area contributed by atoms with E-state index >= 15 is 0 Å². The molecule has 0 aliphatic heterocycles. The maximum atomic E-state index is 5.82. The summed E-state index contributed by atoms with van der Waals surface area (Å²) in [5.74, 6) is 0.988. The molecular formula is C12H12Cl2N4O. The van der Waals surface area contributed by atoms with Crippen molar-refractivity contribution >= 4 is 34.6 Å². The Kier molecular flexibility index (Phi) is 3.68. The van der Waals surface area contributed by atoms with Crippen molar-refractivity contribution in [3.8, 4) is 11.5 Å². The molecule has 2 aromatic heterocycles. The molecule has 0 unspecified atom stereocenters. The lowest BCUT2D eigenvalue weighted by atomic mass is 10.2. The Bertz CT molecular complexity index is 591. The fourth-order valence-corrected chi connectivity index (χ4v) is 1.84. The molecule has 0 atom stereocenters. The van der Waals surface area contributed by atoms with E-state index in [0.717, 1.165) is 0 Å². The molecule has 2 aromatic rings. The Morgan fingerprint density at radius 2 is 1.26 bits per heavy atom. The van der Waals surface area contributed by atoms with E-state index in [0.29, 0.717) is 34.0 Å². The van der Waals surface area contributed by atoms with E-state index in [1.165, 1.54) is 12.4 Å². The van der Waals surface area contributed by atoms with Gasteiger partial charge in [-0.15, -0.1) is 0 Å². The van der Waals surface area contributed by atoms with Crippen molar-refractivity contribution < 1.29 is 4.74 Å². The zero-order valence-electron chi connectivity index (χ0n) is 10.4. The molecule has 0 saturated carbocycles. The van der Waals surface area contributed by atoms with Crippen LogP contribution in [0.1, 0.15) is 11.1 Å². The zero-order chi connectivity index (χ0) is 14.2. The average molecular weight is 299 g/mol. The van der Waals surface area contributed by atoms with Gasteiger partial charge in [-0.2, -0.15) is 0 Å². The SMILES string of the molecule is Cc1c(Oc2cnc(Cl)c(N)c2C)cnc(Cl)c1N. The molecule has 0 saturated heterocycles. The van der Waals surface area contributed by atoms with Gasteiger partial charge in [-0.1, -0.05) is 23.2 Å². The van der Waals surface area contributed by atoms with Crippen LogP contribution in [0.25, 0.3) is 0 Å². The highest BCUT2D eigenvalue weighted by atomic mass is 35.5. The van der Waals surface area contributed by atoms with Crippen molar-refractivity contribution in [3.63, 3.8) is 0 Å². The summed E-state index contributed by atoms with van der Waals surface area (Å²) in [5, 5.41) is 0.491. The normalized spacial score (nSPS) is 10.5. The van der Waals surface area contributed by atoms with Crippen molar-refractivity contribution in [2.24, 2.45) is 0 Å². The quantitative estimate of drug-likeness (QED) is 0.830. The number of hydrogen-bond acceptors (Lipinski definition) is 5. The van der Waals surface area contributed by atoms with Gasteiger partial charge >= 0.3 is 0 Å². The van der Waals surface area contributed by atoms with E-state index in [4.69, 9.17) is 39.4 Å². The number of halogens is 2. The van der Waals surface area contributed by atoms with Crippen LogP contribution in [0, 0.1) is 13.8 Å². The lowest BCUT2D eigenvalue weighted by Gasteiger charge is -2.13. The Labute approximate surface area is 120 Å². The number of hydrogen-bond donors (Lipinski definition) is 2. The third kappa shape index (κ3) is 2.52. The number of nitrogens with two attached hydrogens (primary N) is 2. The number of ether oxygens (including phenoxy) is 1. The minimum absolute atomic E-state index is 0.246. The summed E-state index contributed by atoms with van der Waals surface area (Å²) in [6.45, 7) is 3.58. The van der Waals surface area contributed by atoms with E-state index < -0.39 is 0 Å². The second-order valence-corrected chi connectivity index (χ2v) is 4.72. The molecule has 5 nitrogen and oxygen atoms in total. The van der Waals surface area contributed by atoms with Crippen LogP contribution in [0.2, 0.25) is 10.3 Å². The maximum absolute atomic E-state index is 5.82. The predicted octanol–water partition coefficient (Wildman–Crippen LogP) is 3.36. The fraction of sp³-hybridized carbons (Fsp3) is 0.167. The number of anilines is 2. The molecule has 2 heterocycles. The summed E-state index contributed by atoms with van der Waals surface area (Å²) in [6.07, 6.45) is 3.00. The molecule has 7 heteroatoms. The average Bonchev–Trinajstić information content (AvgIpc) is 2.39. The Balaban J connectivity index is 2.43. The highest BCUT2D eigenvalue weighted by Crippen LogP contribution is 2.34. The number of aromatic nitrogens is 2. The van der Waals surface area contributed by atoms with Crippen molar-refractivity contribution in [2.75, 3.05) is 11.5 Å². The fourth-order valence-electron chi connectivity index (χ4n) is 1.46. The van der Waals surface area contributed by atoms with Gasteiger partial charge < -0.3 is 16.2 Å². The molecule has 0 fully saturated rings. The van der Waals surface area contributed by atoms with Gasteiger partial charge in [0.1, 0.15) is 0 Å². The van der Waals surface area contributed by atoms with Gasteiger partial charge in [0.15, 0.2) is 21.8 Å².